The second kappa shape index (κ2) is 5.69. The molecule has 2 aliphatic heterocycles. The Labute approximate surface area is 128 Å². The van der Waals surface area contributed by atoms with Crippen LogP contribution in [-0.2, 0) is 0 Å². The number of rotatable bonds is 3. The van der Waals surface area contributed by atoms with Crippen molar-refractivity contribution >= 4 is 16.5 Å². The first-order valence-electron chi connectivity index (χ1n) is 7.64. The normalized spacial score (nSPS) is 23.0. The lowest BCUT2D eigenvalue weighted by Crippen LogP contribution is -2.35. The Morgan fingerprint density at radius 2 is 2.00 bits per heavy atom. The molecular formula is C15H19N5S. The summed E-state index contributed by atoms with van der Waals surface area (Å²) < 4.78 is 0. The first-order chi connectivity index (χ1) is 10.4. The predicted octanol–water partition coefficient (Wildman–Crippen LogP) is 2.27. The Bertz CT molecular complexity index is 593. The third-order valence-corrected chi connectivity index (χ3v) is 5.40. The van der Waals surface area contributed by atoms with Crippen LogP contribution in [0.25, 0.3) is 10.7 Å². The zero-order valence-corrected chi connectivity index (χ0v) is 12.8. The number of nitrogens with zero attached hydrogens (tertiary/aromatic N) is 5. The van der Waals surface area contributed by atoms with E-state index in [4.69, 9.17) is 0 Å². The van der Waals surface area contributed by atoms with E-state index in [9.17, 15) is 0 Å². The van der Waals surface area contributed by atoms with Gasteiger partial charge in [0.05, 0.1) is 0 Å². The van der Waals surface area contributed by atoms with Crippen molar-refractivity contribution in [3.63, 3.8) is 0 Å². The van der Waals surface area contributed by atoms with E-state index in [0.717, 1.165) is 28.9 Å². The minimum absolute atomic E-state index is 0.703. The van der Waals surface area contributed by atoms with Crippen LogP contribution in [-0.4, -0.2) is 52.3 Å². The molecule has 0 aliphatic carbocycles. The second-order valence-corrected chi connectivity index (χ2v) is 6.69. The summed E-state index contributed by atoms with van der Waals surface area (Å²) in [5.41, 5.74) is 0.913. The molecule has 2 aliphatic rings. The standard InChI is InChI=1S/C15H19N5S/c1-2-7-16-13(5-1)14-17-18-15(21-14)20-10-6-12(11-20)19-8-3-4-9-19/h1-2,5,7,12H,3-4,6,8-11H2. The van der Waals surface area contributed by atoms with Gasteiger partial charge in [0.15, 0.2) is 5.01 Å². The van der Waals surface area contributed by atoms with Gasteiger partial charge in [0.25, 0.3) is 0 Å². The van der Waals surface area contributed by atoms with Crippen molar-refractivity contribution in [1.29, 1.82) is 0 Å². The molecule has 0 saturated carbocycles. The zero-order valence-electron chi connectivity index (χ0n) is 12.0. The summed E-state index contributed by atoms with van der Waals surface area (Å²) >= 11 is 1.65. The first-order valence-corrected chi connectivity index (χ1v) is 8.46. The van der Waals surface area contributed by atoms with Gasteiger partial charge >= 0.3 is 0 Å². The molecule has 0 amide bonds. The van der Waals surface area contributed by atoms with Gasteiger partial charge in [-0.05, 0) is 44.5 Å². The number of pyridine rings is 1. The number of anilines is 1. The molecule has 21 heavy (non-hydrogen) atoms. The van der Waals surface area contributed by atoms with E-state index < -0.39 is 0 Å². The van der Waals surface area contributed by atoms with Crippen LogP contribution in [0.3, 0.4) is 0 Å². The molecule has 2 fully saturated rings. The summed E-state index contributed by atoms with van der Waals surface area (Å²) in [5, 5.41) is 10.6. The van der Waals surface area contributed by atoms with E-state index in [1.54, 1.807) is 17.5 Å². The number of hydrogen-bond donors (Lipinski definition) is 0. The van der Waals surface area contributed by atoms with E-state index >= 15 is 0 Å². The van der Waals surface area contributed by atoms with Gasteiger partial charge in [-0.15, -0.1) is 10.2 Å². The lowest BCUT2D eigenvalue weighted by Gasteiger charge is -2.23. The molecular weight excluding hydrogens is 282 g/mol. The van der Waals surface area contributed by atoms with E-state index in [1.807, 2.05) is 18.2 Å². The van der Waals surface area contributed by atoms with Crippen molar-refractivity contribution in [3.05, 3.63) is 24.4 Å². The third-order valence-electron chi connectivity index (χ3n) is 4.39. The fourth-order valence-electron chi connectivity index (χ4n) is 3.26. The van der Waals surface area contributed by atoms with E-state index in [1.165, 1.54) is 32.4 Å². The van der Waals surface area contributed by atoms with Crippen LogP contribution in [0.4, 0.5) is 5.13 Å². The fraction of sp³-hybridized carbons (Fsp3) is 0.533. The smallest absolute Gasteiger partial charge is 0.208 e. The van der Waals surface area contributed by atoms with Crippen LogP contribution in [0.15, 0.2) is 24.4 Å². The van der Waals surface area contributed by atoms with Crippen molar-refractivity contribution in [2.24, 2.45) is 0 Å². The largest absolute Gasteiger partial charge is 0.345 e. The molecule has 2 saturated heterocycles. The Balaban J connectivity index is 1.47. The Hall–Kier alpha value is -1.53. The summed E-state index contributed by atoms with van der Waals surface area (Å²) in [6.07, 6.45) is 5.77. The minimum atomic E-state index is 0.703. The van der Waals surface area contributed by atoms with Gasteiger partial charge in [0.1, 0.15) is 5.69 Å². The maximum atomic E-state index is 4.37. The van der Waals surface area contributed by atoms with Gasteiger partial charge in [-0.1, -0.05) is 17.4 Å². The van der Waals surface area contributed by atoms with E-state index in [2.05, 4.69) is 25.0 Å². The highest BCUT2D eigenvalue weighted by Gasteiger charge is 2.30. The van der Waals surface area contributed by atoms with Crippen molar-refractivity contribution in [3.8, 4) is 10.7 Å². The molecule has 4 heterocycles. The SMILES string of the molecule is c1ccc(-c2nnc(N3CCC(N4CCCC4)C3)s2)nc1. The van der Waals surface area contributed by atoms with Crippen LogP contribution in [0.5, 0.6) is 0 Å². The zero-order chi connectivity index (χ0) is 14.1. The molecule has 110 valence electrons. The summed E-state index contributed by atoms with van der Waals surface area (Å²) in [6.45, 7) is 4.73. The summed E-state index contributed by atoms with van der Waals surface area (Å²) in [4.78, 5) is 9.37. The van der Waals surface area contributed by atoms with Crippen LogP contribution in [0.2, 0.25) is 0 Å². The fourth-order valence-corrected chi connectivity index (χ4v) is 4.11. The number of likely N-dealkylation sites (tertiary alicyclic amines) is 1. The summed E-state index contributed by atoms with van der Waals surface area (Å²) in [6, 6.07) is 6.60. The molecule has 0 N–H and O–H groups in total. The highest BCUT2D eigenvalue weighted by Crippen LogP contribution is 2.31. The molecule has 6 heteroatoms. The van der Waals surface area contributed by atoms with E-state index in [0.29, 0.717) is 6.04 Å². The third kappa shape index (κ3) is 2.65. The van der Waals surface area contributed by atoms with Crippen molar-refractivity contribution in [2.75, 3.05) is 31.1 Å². The molecule has 1 unspecified atom stereocenters. The summed E-state index contributed by atoms with van der Waals surface area (Å²) in [5.74, 6) is 0. The van der Waals surface area contributed by atoms with Gasteiger partial charge in [-0.3, -0.25) is 9.88 Å². The van der Waals surface area contributed by atoms with E-state index in [-0.39, 0.29) is 0 Å². The van der Waals surface area contributed by atoms with Gasteiger partial charge in [0.2, 0.25) is 5.13 Å². The Morgan fingerprint density at radius 1 is 1.10 bits per heavy atom. The number of hydrogen-bond acceptors (Lipinski definition) is 6. The molecule has 0 radical (unpaired) electrons. The molecule has 5 nitrogen and oxygen atoms in total. The summed E-state index contributed by atoms with van der Waals surface area (Å²) in [7, 11) is 0. The topological polar surface area (TPSA) is 45.2 Å². The van der Waals surface area contributed by atoms with Crippen molar-refractivity contribution in [2.45, 2.75) is 25.3 Å². The van der Waals surface area contributed by atoms with Gasteiger partial charge in [-0.25, -0.2) is 0 Å². The van der Waals surface area contributed by atoms with Crippen LogP contribution in [0.1, 0.15) is 19.3 Å². The highest BCUT2D eigenvalue weighted by molar-refractivity contribution is 7.18. The average molecular weight is 301 g/mol. The molecule has 1 atom stereocenters. The van der Waals surface area contributed by atoms with Crippen LogP contribution < -0.4 is 4.90 Å². The Kier molecular flexibility index (Phi) is 3.57. The lowest BCUT2D eigenvalue weighted by molar-refractivity contribution is 0.260. The van der Waals surface area contributed by atoms with Crippen molar-refractivity contribution < 1.29 is 0 Å². The maximum Gasteiger partial charge on any atom is 0.208 e. The molecule has 2 aromatic heterocycles. The van der Waals surface area contributed by atoms with Crippen LogP contribution in [0, 0.1) is 0 Å². The predicted molar refractivity (Wildman–Crippen MR) is 84.6 cm³/mol. The molecule has 0 spiro atoms. The lowest BCUT2D eigenvalue weighted by atomic mass is 10.2. The number of aromatic nitrogens is 3. The second-order valence-electron chi connectivity index (χ2n) is 5.74. The Morgan fingerprint density at radius 3 is 2.81 bits per heavy atom. The van der Waals surface area contributed by atoms with Gasteiger partial charge in [0, 0.05) is 25.3 Å². The average Bonchev–Trinajstić information content (AvgIpc) is 3.27. The molecule has 2 aromatic rings. The van der Waals surface area contributed by atoms with Gasteiger partial charge < -0.3 is 4.90 Å². The van der Waals surface area contributed by atoms with Crippen LogP contribution >= 0.6 is 11.3 Å². The molecule has 4 rings (SSSR count). The molecule has 0 bridgehead atoms. The minimum Gasteiger partial charge on any atom is -0.345 e. The first kappa shape index (κ1) is 13.2. The quantitative estimate of drug-likeness (QED) is 0.870. The molecule has 0 aromatic carbocycles. The highest BCUT2D eigenvalue weighted by atomic mass is 32.1. The maximum absolute atomic E-state index is 4.37. The monoisotopic (exact) mass is 301 g/mol. The van der Waals surface area contributed by atoms with Crippen molar-refractivity contribution in [1.82, 2.24) is 20.1 Å². The van der Waals surface area contributed by atoms with Gasteiger partial charge in [-0.2, -0.15) is 0 Å².